The molecule has 2 aromatic rings. The molecule has 0 aliphatic carbocycles. The molecule has 144 valence electrons. The monoisotopic (exact) mass is 395 g/mol. The average Bonchev–Trinajstić information content (AvgIpc) is 2.64. The molecular weight excluding hydrogens is 365 g/mol. The van der Waals surface area contributed by atoms with Crippen molar-refractivity contribution >= 4 is 24.0 Å². The maximum absolute atomic E-state index is 5.90. The number of unbranched alkanes of at least 4 members (excludes halogenated alkanes) is 5. The Balaban J connectivity index is 0.00000338. The van der Waals surface area contributed by atoms with Crippen LogP contribution >= 0.6 is 24.0 Å². The van der Waals surface area contributed by atoms with Gasteiger partial charge in [-0.05, 0) is 48.4 Å². The molecule has 0 heterocycles. The average molecular weight is 396 g/mol. The molecule has 26 heavy (non-hydrogen) atoms. The van der Waals surface area contributed by atoms with Gasteiger partial charge in [-0.15, -0.1) is 12.4 Å². The summed E-state index contributed by atoms with van der Waals surface area (Å²) >= 11 is 5.90. The molecule has 1 N–H and O–H groups in total. The van der Waals surface area contributed by atoms with Crippen molar-refractivity contribution in [2.75, 3.05) is 6.54 Å². The van der Waals surface area contributed by atoms with E-state index in [1.807, 2.05) is 30.3 Å². The number of nitrogens with one attached hydrogen (secondary N) is 1. The molecule has 0 saturated carbocycles. The van der Waals surface area contributed by atoms with E-state index >= 15 is 0 Å². The molecule has 0 atom stereocenters. The van der Waals surface area contributed by atoms with Gasteiger partial charge in [0.1, 0.15) is 12.4 Å². The first-order valence-electron chi connectivity index (χ1n) is 9.45. The van der Waals surface area contributed by atoms with Gasteiger partial charge in [-0.25, -0.2) is 0 Å². The maximum Gasteiger partial charge on any atom is 0.120 e. The Hall–Kier alpha value is -1.22. The van der Waals surface area contributed by atoms with E-state index < -0.39 is 0 Å². The Bertz CT molecular complexity index is 601. The minimum absolute atomic E-state index is 0. The minimum atomic E-state index is 0. The van der Waals surface area contributed by atoms with Gasteiger partial charge in [-0.2, -0.15) is 0 Å². The summed E-state index contributed by atoms with van der Waals surface area (Å²) in [4.78, 5) is 0. The zero-order chi connectivity index (χ0) is 17.7. The zero-order valence-electron chi connectivity index (χ0n) is 15.7. The van der Waals surface area contributed by atoms with E-state index in [-0.39, 0.29) is 12.4 Å². The second-order valence-electron chi connectivity index (χ2n) is 6.51. The topological polar surface area (TPSA) is 21.3 Å². The maximum atomic E-state index is 5.90. The number of halogens is 2. The first kappa shape index (κ1) is 22.8. The quantitative estimate of drug-likeness (QED) is 0.399. The third-order valence-electron chi connectivity index (χ3n) is 4.25. The molecule has 2 rings (SSSR count). The molecule has 2 aromatic carbocycles. The van der Waals surface area contributed by atoms with Gasteiger partial charge in [0.15, 0.2) is 0 Å². The van der Waals surface area contributed by atoms with Gasteiger partial charge in [0.05, 0.1) is 0 Å². The standard InChI is InChI=1S/C22H30ClNO.ClH/c1-2-3-4-5-6-7-15-24-17-20-9-8-10-22(16-20)25-18-19-11-13-21(23)14-12-19;/h8-14,16,24H,2-7,15,17-18H2,1H3;1H. The van der Waals surface area contributed by atoms with Crippen molar-refractivity contribution < 1.29 is 4.74 Å². The highest BCUT2D eigenvalue weighted by Gasteiger charge is 1.99. The van der Waals surface area contributed by atoms with Crippen LogP contribution in [-0.4, -0.2) is 6.54 Å². The van der Waals surface area contributed by atoms with Crippen LogP contribution in [0.25, 0.3) is 0 Å². The van der Waals surface area contributed by atoms with Crippen LogP contribution in [0.1, 0.15) is 56.6 Å². The van der Waals surface area contributed by atoms with Crippen molar-refractivity contribution in [1.82, 2.24) is 5.32 Å². The normalized spacial score (nSPS) is 10.4. The predicted octanol–water partition coefficient (Wildman–Crippen LogP) is 6.79. The van der Waals surface area contributed by atoms with Gasteiger partial charge < -0.3 is 10.1 Å². The van der Waals surface area contributed by atoms with Crippen molar-refractivity contribution in [3.63, 3.8) is 0 Å². The summed E-state index contributed by atoms with van der Waals surface area (Å²) in [5.41, 5.74) is 2.38. The second-order valence-corrected chi connectivity index (χ2v) is 6.94. The van der Waals surface area contributed by atoms with E-state index in [0.717, 1.165) is 29.4 Å². The van der Waals surface area contributed by atoms with Crippen LogP contribution < -0.4 is 10.1 Å². The SMILES string of the molecule is CCCCCCCCNCc1cccc(OCc2ccc(Cl)cc2)c1.Cl. The van der Waals surface area contributed by atoms with Crippen LogP contribution in [0.15, 0.2) is 48.5 Å². The van der Waals surface area contributed by atoms with Gasteiger partial charge in [-0.1, -0.05) is 74.9 Å². The van der Waals surface area contributed by atoms with E-state index in [2.05, 4.69) is 30.4 Å². The highest BCUT2D eigenvalue weighted by molar-refractivity contribution is 6.30. The number of ether oxygens (including phenoxy) is 1. The van der Waals surface area contributed by atoms with Crippen molar-refractivity contribution in [3.05, 3.63) is 64.7 Å². The minimum Gasteiger partial charge on any atom is -0.489 e. The summed E-state index contributed by atoms with van der Waals surface area (Å²) in [5.74, 6) is 0.911. The fraction of sp³-hybridized carbons (Fsp3) is 0.455. The molecule has 0 aliphatic rings. The largest absolute Gasteiger partial charge is 0.489 e. The lowest BCUT2D eigenvalue weighted by atomic mass is 10.1. The first-order valence-corrected chi connectivity index (χ1v) is 9.82. The summed E-state index contributed by atoms with van der Waals surface area (Å²) < 4.78 is 5.88. The van der Waals surface area contributed by atoms with Crippen LogP contribution in [0.5, 0.6) is 5.75 Å². The lowest BCUT2D eigenvalue weighted by molar-refractivity contribution is 0.306. The van der Waals surface area contributed by atoms with Gasteiger partial charge >= 0.3 is 0 Å². The van der Waals surface area contributed by atoms with Crippen molar-refractivity contribution in [2.45, 2.75) is 58.6 Å². The third kappa shape index (κ3) is 9.47. The van der Waals surface area contributed by atoms with Crippen LogP contribution in [-0.2, 0) is 13.2 Å². The molecule has 0 aromatic heterocycles. The first-order chi connectivity index (χ1) is 12.3. The fourth-order valence-electron chi connectivity index (χ4n) is 2.76. The second kappa shape index (κ2) is 13.9. The highest BCUT2D eigenvalue weighted by Crippen LogP contribution is 2.16. The Morgan fingerprint density at radius 3 is 2.38 bits per heavy atom. The lowest BCUT2D eigenvalue weighted by Crippen LogP contribution is -2.14. The summed E-state index contributed by atoms with van der Waals surface area (Å²) in [6, 6.07) is 16.1. The van der Waals surface area contributed by atoms with E-state index in [4.69, 9.17) is 16.3 Å². The van der Waals surface area contributed by atoms with Crippen molar-refractivity contribution in [1.29, 1.82) is 0 Å². The van der Waals surface area contributed by atoms with Gasteiger partial charge in [0.25, 0.3) is 0 Å². The molecule has 0 saturated heterocycles. The number of hydrogen-bond donors (Lipinski definition) is 1. The molecule has 0 amide bonds. The molecule has 0 spiro atoms. The van der Waals surface area contributed by atoms with E-state index in [9.17, 15) is 0 Å². The van der Waals surface area contributed by atoms with Crippen molar-refractivity contribution in [2.24, 2.45) is 0 Å². The van der Waals surface area contributed by atoms with Crippen LogP contribution in [0.2, 0.25) is 5.02 Å². The third-order valence-corrected chi connectivity index (χ3v) is 4.51. The van der Waals surface area contributed by atoms with Gasteiger partial charge in [-0.3, -0.25) is 0 Å². The number of benzene rings is 2. The fourth-order valence-corrected chi connectivity index (χ4v) is 2.88. The molecule has 0 bridgehead atoms. The van der Waals surface area contributed by atoms with Gasteiger partial charge in [0, 0.05) is 11.6 Å². The summed E-state index contributed by atoms with van der Waals surface area (Å²) in [6.45, 7) is 4.80. The van der Waals surface area contributed by atoms with Crippen molar-refractivity contribution in [3.8, 4) is 5.75 Å². The molecule has 0 radical (unpaired) electrons. The van der Waals surface area contributed by atoms with Gasteiger partial charge in [0.2, 0.25) is 0 Å². The summed E-state index contributed by atoms with van der Waals surface area (Å²) in [6.07, 6.45) is 8.02. The molecule has 0 fully saturated rings. The van der Waals surface area contributed by atoms with Crippen LogP contribution in [0.4, 0.5) is 0 Å². The molecule has 2 nitrogen and oxygen atoms in total. The molecule has 0 aliphatic heterocycles. The number of hydrogen-bond acceptors (Lipinski definition) is 2. The van der Waals surface area contributed by atoms with E-state index in [1.54, 1.807) is 0 Å². The zero-order valence-corrected chi connectivity index (χ0v) is 17.2. The number of rotatable bonds is 12. The van der Waals surface area contributed by atoms with E-state index in [1.165, 1.54) is 44.1 Å². The molecular formula is C22H31Cl2NO. The molecule has 0 unspecified atom stereocenters. The summed E-state index contributed by atoms with van der Waals surface area (Å²) in [5, 5.41) is 4.28. The summed E-state index contributed by atoms with van der Waals surface area (Å²) in [7, 11) is 0. The highest BCUT2D eigenvalue weighted by atomic mass is 35.5. The predicted molar refractivity (Wildman–Crippen MR) is 115 cm³/mol. The van der Waals surface area contributed by atoms with Crippen LogP contribution in [0.3, 0.4) is 0 Å². The Morgan fingerprint density at radius 2 is 1.62 bits per heavy atom. The Morgan fingerprint density at radius 1 is 0.885 bits per heavy atom. The Kier molecular flexibility index (Phi) is 12.2. The Labute approximate surface area is 169 Å². The van der Waals surface area contributed by atoms with Crippen LogP contribution in [0, 0.1) is 0 Å². The smallest absolute Gasteiger partial charge is 0.120 e. The van der Waals surface area contributed by atoms with E-state index in [0.29, 0.717) is 6.61 Å². The lowest BCUT2D eigenvalue weighted by Gasteiger charge is -2.09. The molecule has 4 heteroatoms.